The van der Waals surface area contributed by atoms with Crippen molar-refractivity contribution in [3.05, 3.63) is 36.2 Å². The Morgan fingerprint density at radius 1 is 1.05 bits per heavy atom. The summed E-state index contributed by atoms with van der Waals surface area (Å²) in [6.07, 6.45) is 4.47. The normalized spacial score (nSPS) is 23.5. The van der Waals surface area contributed by atoms with Crippen LogP contribution in [0.25, 0.3) is 16.9 Å². The van der Waals surface area contributed by atoms with Gasteiger partial charge in [-0.15, -0.1) is 0 Å². The molecule has 10 nitrogen and oxygen atoms in total. The number of benzene rings is 1. The molecular weight excluding hydrogens is 556 g/mol. The molecule has 6 rings (SSSR count). The van der Waals surface area contributed by atoms with E-state index >= 15 is 0 Å². The van der Waals surface area contributed by atoms with Crippen molar-refractivity contribution in [2.45, 2.75) is 70.4 Å². The summed E-state index contributed by atoms with van der Waals surface area (Å²) < 4.78 is 40.7. The van der Waals surface area contributed by atoms with Crippen molar-refractivity contribution in [1.82, 2.24) is 24.4 Å². The van der Waals surface area contributed by atoms with Crippen LogP contribution in [0.1, 0.15) is 64.1 Å². The number of hydrogen-bond donors (Lipinski definition) is 1. The predicted molar refractivity (Wildman–Crippen MR) is 160 cm³/mol. The Labute approximate surface area is 250 Å². The van der Waals surface area contributed by atoms with Gasteiger partial charge in [-0.3, -0.25) is 14.3 Å². The molecule has 1 unspecified atom stereocenters. The second-order valence-corrected chi connectivity index (χ2v) is 11.7. The topological polar surface area (TPSA) is 97.6 Å². The monoisotopic (exact) mass is 597 g/mol. The van der Waals surface area contributed by atoms with Gasteiger partial charge < -0.3 is 19.7 Å². The molecule has 3 aliphatic rings. The van der Waals surface area contributed by atoms with Crippen LogP contribution in [0.3, 0.4) is 0 Å². The summed E-state index contributed by atoms with van der Waals surface area (Å²) in [6, 6.07) is 9.14. The number of halogens is 2. The first-order valence-corrected chi connectivity index (χ1v) is 15.7. The van der Waals surface area contributed by atoms with Gasteiger partial charge in [0.15, 0.2) is 5.82 Å². The zero-order valence-corrected chi connectivity index (χ0v) is 24.8. The van der Waals surface area contributed by atoms with Crippen molar-refractivity contribution in [1.29, 1.82) is 0 Å². The first kappa shape index (κ1) is 29.7. The SMILES string of the molecule is CCOC(=O)C1CCCCN1[C@H]1CC[C@@H](CNc2cc(-n3c(C(F)F)nc4ccccc43)nc(N3CCOCC3)n2)CC1. The fourth-order valence-electron chi connectivity index (χ4n) is 6.78. The summed E-state index contributed by atoms with van der Waals surface area (Å²) in [5, 5.41) is 3.51. The number of imidazole rings is 1. The standard InChI is InChI=1S/C31H41F2N7O3/c1-2-43-30(41)25-9-5-6-14-39(25)22-12-10-21(11-13-22)20-34-26-19-27(37-31(36-26)38-15-17-42-18-16-38)40-24-8-4-3-7-23(24)35-29(40)28(32)33/h3-4,7-8,19,21-22,25,28H,2,5-6,9-18,20H2,1H3,(H,34,36,37)/t21-,22+,25?. The number of fused-ring (bicyclic) bond motifs is 1. The molecular formula is C31H41F2N7O3. The van der Waals surface area contributed by atoms with E-state index in [1.165, 1.54) is 4.57 Å². The lowest BCUT2D eigenvalue weighted by Gasteiger charge is -2.42. The Balaban J connectivity index is 1.19. The number of carbonyl (C=O) groups is 1. The molecule has 1 aliphatic carbocycles. The fraction of sp³-hybridized carbons (Fsp3) is 0.613. The van der Waals surface area contributed by atoms with Crippen LogP contribution in [0.4, 0.5) is 20.5 Å². The minimum atomic E-state index is -2.76. The van der Waals surface area contributed by atoms with Crippen LogP contribution in [-0.2, 0) is 14.3 Å². The van der Waals surface area contributed by atoms with E-state index in [4.69, 9.17) is 19.4 Å². The summed E-state index contributed by atoms with van der Waals surface area (Å²) in [4.78, 5) is 30.8. The van der Waals surface area contributed by atoms with Crippen LogP contribution in [-0.4, -0.2) is 88.5 Å². The van der Waals surface area contributed by atoms with Gasteiger partial charge in [0.1, 0.15) is 17.7 Å². The number of rotatable bonds is 9. The van der Waals surface area contributed by atoms with E-state index in [1.54, 1.807) is 24.3 Å². The molecule has 0 radical (unpaired) electrons. The number of nitrogens with one attached hydrogen (secondary N) is 1. The van der Waals surface area contributed by atoms with Crippen molar-refractivity contribution < 1.29 is 23.0 Å². The van der Waals surface area contributed by atoms with Gasteiger partial charge in [-0.1, -0.05) is 18.6 Å². The highest BCUT2D eigenvalue weighted by Crippen LogP contribution is 2.33. The maximum Gasteiger partial charge on any atom is 0.323 e. The number of nitrogens with zero attached hydrogens (tertiary/aromatic N) is 6. The number of hydrogen-bond acceptors (Lipinski definition) is 9. The molecule has 1 N–H and O–H groups in total. The third-order valence-corrected chi connectivity index (χ3v) is 8.97. The van der Waals surface area contributed by atoms with Crippen LogP contribution >= 0.6 is 0 Å². The predicted octanol–water partition coefficient (Wildman–Crippen LogP) is 4.98. The van der Waals surface area contributed by atoms with Crippen molar-refractivity contribution in [3.8, 4) is 5.82 Å². The number of aromatic nitrogens is 4. The Kier molecular flexibility index (Phi) is 9.32. The van der Waals surface area contributed by atoms with Gasteiger partial charge in [0, 0.05) is 31.7 Å². The largest absolute Gasteiger partial charge is 0.465 e. The van der Waals surface area contributed by atoms with Crippen molar-refractivity contribution in [3.63, 3.8) is 0 Å². The number of alkyl halides is 2. The number of likely N-dealkylation sites (tertiary alicyclic amines) is 1. The molecule has 2 aromatic heterocycles. The minimum absolute atomic E-state index is 0.0812. The number of esters is 1. The van der Waals surface area contributed by atoms with E-state index in [2.05, 4.69) is 15.2 Å². The molecule has 232 valence electrons. The lowest BCUT2D eigenvalue weighted by molar-refractivity contribution is -0.152. The molecule has 1 aromatic carbocycles. The van der Waals surface area contributed by atoms with Gasteiger partial charge in [0.2, 0.25) is 5.95 Å². The first-order valence-electron chi connectivity index (χ1n) is 15.7. The average molecular weight is 598 g/mol. The third kappa shape index (κ3) is 6.59. The van der Waals surface area contributed by atoms with Crippen LogP contribution < -0.4 is 10.2 Å². The number of morpholine rings is 1. The Hall–Kier alpha value is -3.38. The van der Waals surface area contributed by atoms with Crippen molar-refractivity contribution in [2.75, 3.05) is 56.2 Å². The summed E-state index contributed by atoms with van der Waals surface area (Å²) in [6.45, 7) is 6.33. The van der Waals surface area contributed by atoms with Gasteiger partial charge in [-0.2, -0.15) is 9.97 Å². The summed E-state index contributed by atoms with van der Waals surface area (Å²) in [5.41, 5.74) is 1.07. The summed E-state index contributed by atoms with van der Waals surface area (Å²) >= 11 is 0. The third-order valence-electron chi connectivity index (χ3n) is 8.97. The first-order chi connectivity index (χ1) is 21.0. The molecule has 2 saturated heterocycles. The Morgan fingerprint density at radius 2 is 1.84 bits per heavy atom. The molecule has 0 spiro atoms. The molecule has 1 saturated carbocycles. The molecule has 4 heterocycles. The van der Waals surface area contributed by atoms with Gasteiger partial charge in [-0.25, -0.2) is 13.8 Å². The highest BCUT2D eigenvalue weighted by atomic mass is 19.3. The number of ether oxygens (including phenoxy) is 2. The molecule has 43 heavy (non-hydrogen) atoms. The highest BCUT2D eigenvalue weighted by Gasteiger charge is 2.36. The minimum Gasteiger partial charge on any atom is -0.465 e. The molecule has 3 aromatic rings. The average Bonchev–Trinajstić information content (AvgIpc) is 3.45. The van der Waals surface area contributed by atoms with Gasteiger partial charge >= 0.3 is 5.97 Å². The Bertz CT molecular complexity index is 1390. The fourth-order valence-corrected chi connectivity index (χ4v) is 6.78. The van der Waals surface area contributed by atoms with E-state index < -0.39 is 6.43 Å². The molecule has 12 heteroatoms. The zero-order chi connectivity index (χ0) is 29.8. The smallest absolute Gasteiger partial charge is 0.323 e. The van der Waals surface area contributed by atoms with Crippen molar-refractivity contribution in [2.24, 2.45) is 5.92 Å². The van der Waals surface area contributed by atoms with Crippen LogP contribution in [0.5, 0.6) is 0 Å². The van der Waals surface area contributed by atoms with Gasteiger partial charge in [-0.05, 0) is 70.0 Å². The molecule has 0 amide bonds. The summed E-state index contributed by atoms with van der Waals surface area (Å²) in [7, 11) is 0. The summed E-state index contributed by atoms with van der Waals surface area (Å²) in [5.74, 6) is 1.48. The van der Waals surface area contributed by atoms with Crippen LogP contribution in [0.2, 0.25) is 0 Å². The Morgan fingerprint density at radius 3 is 2.60 bits per heavy atom. The lowest BCUT2D eigenvalue weighted by Crippen LogP contribution is -2.51. The second-order valence-electron chi connectivity index (χ2n) is 11.7. The maximum absolute atomic E-state index is 14.2. The van der Waals surface area contributed by atoms with E-state index in [0.29, 0.717) is 73.5 Å². The molecule has 0 bridgehead atoms. The quantitative estimate of drug-likeness (QED) is 0.343. The van der Waals surface area contributed by atoms with E-state index in [9.17, 15) is 13.6 Å². The maximum atomic E-state index is 14.2. The second kappa shape index (κ2) is 13.5. The highest BCUT2D eigenvalue weighted by molar-refractivity contribution is 5.78. The van der Waals surface area contributed by atoms with E-state index in [1.807, 2.05) is 17.9 Å². The number of anilines is 2. The van der Waals surface area contributed by atoms with Gasteiger partial charge in [0.05, 0.1) is 30.9 Å². The molecule has 1 atom stereocenters. The van der Waals surface area contributed by atoms with E-state index in [0.717, 1.165) is 58.0 Å². The van der Waals surface area contributed by atoms with Crippen LogP contribution in [0, 0.1) is 5.92 Å². The number of carbonyl (C=O) groups excluding carboxylic acids is 1. The van der Waals surface area contributed by atoms with Crippen LogP contribution in [0.15, 0.2) is 30.3 Å². The van der Waals surface area contributed by atoms with Gasteiger partial charge in [0.25, 0.3) is 6.43 Å². The number of piperidine rings is 1. The number of para-hydroxylation sites is 2. The molecule has 3 fully saturated rings. The van der Waals surface area contributed by atoms with Crippen molar-refractivity contribution >= 4 is 28.8 Å². The zero-order valence-electron chi connectivity index (χ0n) is 24.8. The lowest BCUT2D eigenvalue weighted by atomic mass is 9.83. The molecule has 2 aliphatic heterocycles. The van der Waals surface area contributed by atoms with E-state index in [-0.39, 0.29) is 17.8 Å².